The number of hydrogen-bond acceptors (Lipinski definition) is 6. The second-order valence-electron chi connectivity index (χ2n) is 7.40. The van der Waals surface area contributed by atoms with E-state index in [9.17, 15) is 14.3 Å². The molecule has 10 heteroatoms. The molecule has 1 atom stereocenters. The van der Waals surface area contributed by atoms with Crippen LogP contribution in [0.15, 0.2) is 42.7 Å². The molecular formula is C21H19FN6O2S. The predicted molar refractivity (Wildman–Crippen MR) is 113 cm³/mol. The first-order valence-corrected chi connectivity index (χ1v) is 10.5. The van der Waals surface area contributed by atoms with Gasteiger partial charge in [0.05, 0.1) is 17.9 Å². The number of benzene rings is 1. The molecule has 5 rings (SSSR count). The Morgan fingerprint density at radius 1 is 1.19 bits per heavy atom. The highest BCUT2D eigenvalue weighted by Crippen LogP contribution is 2.36. The van der Waals surface area contributed by atoms with Gasteiger partial charge in [-0.1, -0.05) is 0 Å². The first-order chi connectivity index (χ1) is 14.9. The molecule has 0 radical (unpaired) electrons. The highest BCUT2D eigenvalue weighted by molar-refractivity contribution is 7.09. The molecule has 0 spiro atoms. The summed E-state index contributed by atoms with van der Waals surface area (Å²) in [6.45, 7) is 4.77. The molecule has 1 amide bonds. The molecule has 0 unspecified atom stereocenters. The summed E-state index contributed by atoms with van der Waals surface area (Å²) < 4.78 is 21.4. The lowest BCUT2D eigenvalue weighted by molar-refractivity contribution is 0.0644. The Kier molecular flexibility index (Phi) is 4.58. The third kappa shape index (κ3) is 3.28. The number of aromatic hydroxyl groups is 1. The molecule has 0 aliphatic carbocycles. The van der Waals surface area contributed by atoms with Crippen molar-refractivity contribution >= 4 is 17.4 Å². The van der Waals surface area contributed by atoms with Crippen LogP contribution in [0, 0.1) is 12.7 Å². The number of aromatic nitrogens is 5. The molecule has 1 aliphatic heterocycles. The van der Waals surface area contributed by atoms with Crippen LogP contribution in [-0.4, -0.2) is 45.9 Å². The zero-order valence-electron chi connectivity index (χ0n) is 16.9. The summed E-state index contributed by atoms with van der Waals surface area (Å²) in [6, 6.07) is 6.84. The van der Waals surface area contributed by atoms with Gasteiger partial charge in [0.15, 0.2) is 16.6 Å². The SMILES string of the molecule is Cc1nsc(-c2nc(-n3ccc(O)c3)c3n2CCN(C(=O)c2ccc(F)cc2)[C@@H]3C)n1. The van der Waals surface area contributed by atoms with Crippen molar-refractivity contribution in [2.45, 2.75) is 26.4 Å². The van der Waals surface area contributed by atoms with Crippen molar-refractivity contribution < 1.29 is 14.3 Å². The molecule has 31 heavy (non-hydrogen) atoms. The quantitative estimate of drug-likeness (QED) is 0.528. The minimum absolute atomic E-state index is 0.123. The van der Waals surface area contributed by atoms with Gasteiger partial charge >= 0.3 is 0 Å². The molecule has 1 aromatic carbocycles. The predicted octanol–water partition coefficient (Wildman–Crippen LogP) is 3.56. The van der Waals surface area contributed by atoms with Crippen LogP contribution in [-0.2, 0) is 6.54 Å². The van der Waals surface area contributed by atoms with Crippen molar-refractivity contribution in [2.24, 2.45) is 0 Å². The van der Waals surface area contributed by atoms with Gasteiger partial charge in [0.1, 0.15) is 17.4 Å². The van der Waals surface area contributed by atoms with Crippen molar-refractivity contribution in [3.63, 3.8) is 0 Å². The van der Waals surface area contributed by atoms with Crippen LogP contribution in [0.1, 0.15) is 34.8 Å². The van der Waals surface area contributed by atoms with Crippen LogP contribution < -0.4 is 0 Å². The number of nitrogens with zero attached hydrogens (tertiary/aromatic N) is 6. The third-order valence-corrected chi connectivity index (χ3v) is 6.21. The maximum Gasteiger partial charge on any atom is 0.254 e. The molecule has 158 valence electrons. The molecule has 0 saturated heterocycles. The summed E-state index contributed by atoms with van der Waals surface area (Å²) >= 11 is 1.28. The van der Waals surface area contributed by atoms with Gasteiger partial charge in [0, 0.05) is 24.8 Å². The van der Waals surface area contributed by atoms with E-state index in [2.05, 4.69) is 13.9 Å². The van der Waals surface area contributed by atoms with E-state index in [1.165, 1.54) is 35.8 Å². The Hall–Kier alpha value is -3.53. The van der Waals surface area contributed by atoms with E-state index >= 15 is 0 Å². The van der Waals surface area contributed by atoms with E-state index in [1.807, 2.05) is 13.8 Å². The van der Waals surface area contributed by atoms with Gasteiger partial charge in [-0.25, -0.2) is 14.4 Å². The average molecular weight is 438 g/mol. The minimum Gasteiger partial charge on any atom is -0.506 e. The van der Waals surface area contributed by atoms with Crippen molar-refractivity contribution in [2.75, 3.05) is 6.54 Å². The van der Waals surface area contributed by atoms with E-state index in [-0.39, 0.29) is 23.5 Å². The zero-order chi connectivity index (χ0) is 21.7. The molecule has 0 fully saturated rings. The van der Waals surface area contributed by atoms with Crippen molar-refractivity contribution in [3.05, 3.63) is 65.6 Å². The van der Waals surface area contributed by atoms with Crippen LogP contribution in [0.2, 0.25) is 0 Å². The molecule has 0 bridgehead atoms. The maximum absolute atomic E-state index is 13.3. The number of aryl methyl sites for hydroxylation is 1. The summed E-state index contributed by atoms with van der Waals surface area (Å²) in [5.74, 6) is 1.55. The number of amides is 1. The topological polar surface area (TPSA) is 89.1 Å². The highest BCUT2D eigenvalue weighted by Gasteiger charge is 2.35. The van der Waals surface area contributed by atoms with Gasteiger partial charge in [-0.05, 0) is 55.7 Å². The smallest absolute Gasteiger partial charge is 0.254 e. The Morgan fingerprint density at radius 3 is 2.61 bits per heavy atom. The van der Waals surface area contributed by atoms with Gasteiger partial charge < -0.3 is 19.1 Å². The number of fused-ring (bicyclic) bond motifs is 1. The van der Waals surface area contributed by atoms with Gasteiger partial charge in [-0.15, -0.1) is 0 Å². The molecular weight excluding hydrogens is 419 g/mol. The lowest BCUT2D eigenvalue weighted by Crippen LogP contribution is -2.41. The molecule has 0 saturated carbocycles. The summed E-state index contributed by atoms with van der Waals surface area (Å²) in [4.78, 5) is 24.2. The highest BCUT2D eigenvalue weighted by atomic mass is 32.1. The van der Waals surface area contributed by atoms with Gasteiger partial charge in [0.2, 0.25) is 0 Å². The Balaban J connectivity index is 1.61. The van der Waals surface area contributed by atoms with E-state index in [0.29, 0.717) is 41.1 Å². The molecule has 3 aromatic heterocycles. The Bertz CT molecular complexity index is 1280. The lowest BCUT2D eigenvalue weighted by Gasteiger charge is -2.35. The van der Waals surface area contributed by atoms with E-state index < -0.39 is 0 Å². The van der Waals surface area contributed by atoms with Gasteiger partial charge in [-0.2, -0.15) is 4.37 Å². The summed E-state index contributed by atoms with van der Waals surface area (Å²) in [5.41, 5.74) is 1.27. The van der Waals surface area contributed by atoms with Gasteiger partial charge in [0.25, 0.3) is 5.91 Å². The zero-order valence-corrected chi connectivity index (χ0v) is 17.7. The van der Waals surface area contributed by atoms with E-state index in [0.717, 1.165) is 5.69 Å². The van der Waals surface area contributed by atoms with Crippen molar-refractivity contribution in [1.29, 1.82) is 0 Å². The fourth-order valence-electron chi connectivity index (χ4n) is 3.93. The third-order valence-electron chi connectivity index (χ3n) is 5.41. The van der Waals surface area contributed by atoms with Crippen LogP contribution in [0.5, 0.6) is 5.75 Å². The fraction of sp³-hybridized carbons (Fsp3) is 0.238. The van der Waals surface area contributed by atoms with Gasteiger partial charge in [-0.3, -0.25) is 4.79 Å². The Labute approximate surface area is 181 Å². The minimum atomic E-state index is -0.381. The molecule has 1 aliphatic rings. The first kappa shape index (κ1) is 19.4. The monoisotopic (exact) mass is 438 g/mol. The number of halogens is 1. The summed E-state index contributed by atoms with van der Waals surface area (Å²) in [7, 11) is 0. The Morgan fingerprint density at radius 2 is 1.97 bits per heavy atom. The molecule has 4 heterocycles. The number of rotatable bonds is 3. The van der Waals surface area contributed by atoms with E-state index in [1.54, 1.807) is 27.9 Å². The number of hydrogen-bond donors (Lipinski definition) is 1. The van der Waals surface area contributed by atoms with Crippen LogP contribution in [0.4, 0.5) is 4.39 Å². The van der Waals surface area contributed by atoms with Crippen LogP contribution in [0.3, 0.4) is 0 Å². The van der Waals surface area contributed by atoms with E-state index in [4.69, 9.17) is 4.98 Å². The lowest BCUT2D eigenvalue weighted by atomic mass is 10.1. The second-order valence-corrected chi connectivity index (χ2v) is 8.15. The molecule has 8 nitrogen and oxygen atoms in total. The molecule has 1 N–H and O–H groups in total. The normalized spacial score (nSPS) is 15.8. The van der Waals surface area contributed by atoms with Crippen molar-refractivity contribution in [1.82, 2.24) is 28.4 Å². The fourth-order valence-corrected chi connectivity index (χ4v) is 4.60. The largest absolute Gasteiger partial charge is 0.506 e. The average Bonchev–Trinajstić information content (AvgIpc) is 3.46. The number of carbonyl (C=O) groups is 1. The van der Waals surface area contributed by atoms with Crippen molar-refractivity contribution in [3.8, 4) is 22.4 Å². The van der Waals surface area contributed by atoms with Crippen LogP contribution >= 0.6 is 11.5 Å². The summed E-state index contributed by atoms with van der Waals surface area (Å²) in [5, 5.41) is 10.6. The van der Waals surface area contributed by atoms with Crippen LogP contribution in [0.25, 0.3) is 16.6 Å². The maximum atomic E-state index is 13.3. The standard InChI is InChI=1S/C21H19FN6O2S/c1-12-17-18(26-8-7-16(29)11-26)24-19(20-23-13(2)25-31-20)28(17)10-9-27(12)21(30)14-3-5-15(22)6-4-14/h3-8,11-12,29H,9-10H2,1-2H3/t12-/m1/s1. The first-order valence-electron chi connectivity index (χ1n) is 9.77. The summed E-state index contributed by atoms with van der Waals surface area (Å²) in [6.07, 6.45) is 3.30. The second kappa shape index (κ2) is 7.31. The number of carbonyl (C=O) groups excluding carboxylic acids is 1. The number of imidazole rings is 1. The molecule has 4 aromatic rings.